The number of carbonyl (C=O) groups is 1. The Balaban J connectivity index is 2.78. The van der Waals surface area contributed by atoms with Crippen molar-refractivity contribution in [3.63, 3.8) is 0 Å². The van der Waals surface area contributed by atoms with E-state index < -0.39 is 5.97 Å². The standard InChI is InChI=1S/C15H12ClFO2/c1-8-5-11(17)6-9(2)14(8)13-7-10(16)3-4-12(13)15(18)19/h3-7H,1-2H3,(H,18,19). The molecule has 0 amide bonds. The number of hydrogen-bond donors (Lipinski definition) is 1. The van der Waals surface area contributed by atoms with Gasteiger partial charge in [0.15, 0.2) is 0 Å². The van der Waals surface area contributed by atoms with Crippen molar-refractivity contribution in [2.75, 3.05) is 0 Å². The maximum absolute atomic E-state index is 13.3. The highest BCUT2D eigenvalue weighted by atomic mass is 35.5. The Labute approximate surface area is 115 Å². The average molecular weight is 279 g/mol. The van der Waals surface area contributed by atoms with E-state index in [0.29, 0.717) is 27.3 Å². The third-order valence-electron chi connectivity index (χ3n) is 2.98. The van der Waals surface area contributed by atoms with Gasteiger partial charge in [-0.3, -0.25) is 0 Å². The molecule has 0 unspecified atom stereocenters. The molecule has 0 aliphatic heterocycles. The van der Waals surface area contributed by atoms with Gasteiger partial charge in [0.2, 0.25) is 0 Å². The Morgan fingerprint density at radius 2 is 1.74 bits per heavy atom. The average Bonchev–Trinajstić information content (AvgIpc) is 2.27. The van der Waals surface area contributed by atoms with Crippen molar-refractivity contribution in [3.05, 3.63) is 57.9 Å². The van der Waals surface area contributed by atoms with E-state index in [1.165, 1.54) is 24.3 Å². The van der Waals surface area contributed by atoms with E-state index >= 15 is 0 Å². The zero-order valence-electron chi connectivity index (χ0n) is 10.5. The molecule has 0 heterocycles. The fourth-order valence-corrected chi connectivity index (χ4v) is 2.42. The van der Waals surface area contributed by atoms with Crippen LogP contribution in [0.25, 0.3) is 11.1 Å². The van der Waals surface area contributed by atoms with Crippen LogP contribution in [-0.2, 0) is 0 Å². The molecule has 0 aromatic heterocycles. The van der Waals surface area contributed by atoms with Crippen molar-refractivity contribution in [2.45, 2.75) is 13.8 Å². The monoisotopic (exact) mass is 278 g/mol. The van der Waals surface area contributed by atoms with E-state index in [4.69, 9.17) is 11.6 Å². The molecule has 0 fully saturated rings. The summed E-state index contributed by atoms with van der Waals surface area (Å²) in [6.07, 6.45) is 0. The van der Waals surface area contributed by atoms with Crippen LogP contribution in [0.5, 0.6) is 0 Å². The van der Waals surface area contributed by atoms with Crippen LogP contribution < -0.4 is 0 Å². The molecule has 2 aromatic rings. The van der Waals surface area contributed by atoms with Gasteiger partial charge in [-0.25, -0.2) is 9.18 Å². The Hall–Kier alpha value is -1.87. The van der Waals surface area contributed by atoms with E-state index in [0.717, 1.165) is 0 Å². The molecule has 0 bridgehead atoms. The van der Waals surface area contributed by atoms with Gasteiger partial charge in [-0.2, -0.15) is 0 Å². The molecule has 0 atom stereocenters. The highest BCUT2D eigenvalue weighted by molar-refractivity contribution is 6.31. The summed E-state index contributed by atoms with van der Waals surface area (Å²) in [6, 6.07) is 7.35. The van der Waals surface area contributed by atoms with E-state index in [-0.39, 0.29) is 11.4 Å². The van der Waals surface area contributed by atoms with Crippen LogP contribution in [0.15, 0.2) is 30.3 Å². The van der Waals surface area contributed by atoms with Crippen molar-refractivity contribution in [1.82, 2.24) is 0 Å². The molecule has 0 saturated heterocycles. The summed E-state index contributed by atoms with van der Waals surface area (Å²) < 4.78 is 13.3. The number of benzene rings is 2. The first-order valence-corrected chi connectivity index (χ1v) is 6.08. The molecule has 98 valence electrons. The lowest BCUT2D eigenvalue weighted by atomic mass is 9.92. The lowest BCUT2D eigenvalue weighted by Gasteiger charge is -2.13. The van der Waals surface area contributed by atoms with Crippen LogP contribution in [0.1, 0.15) is 21.5 Å². The molecular formula is C15H12ClFO2. The first-order valence-electron chi connectivity index (χ1n) is 5.70. The Morgan fingerprint density at radius 1 is 1.16 bits per heavy atom. The largest absolute Gasteiger partial charge is 0.478 e. The molecule has 0 saturated carbocycles. The number of carboxylic acids is 1. The van der Waals surface area contributed by atoms with E-state index in [1.807, 2.05) is 0 Å². The molecule has 1 N–H and O–H groups in total. The number of halogens is 2. The minimum atomic E-state index is -1.03. The molecule has 2 rings (SSSR count). The first kappa shape index (κ1) is 13.6. The van der Waals surface area contributed by atoms with Crippen molar-refractivity contribution in [1.29, 1.82) is 0 Å². The summed E-state index contributed by atoms with van der Waals surface area (Å²) in [7, 11) is 0. The summed E-state index contributed by atoms with van der Waals surface area (Å²) in [5.41, 5.74) is 2.74. The van der Waals surface area contributed by atoms with Gasteiger partial charge in [0.05, 0.1) is 5.56 Å². The summed E-state index contributed by atoms with van der Waals surface area (Å²) in [5.74, 6) is -1.37. The molecule has 2 nitrogen and oxygen atoms in total. The van der Waals surface area contributed by atoms with Gasteiger partial charge in [0, 0.05) is 5.02 Å². The molecular weight excluding hydrogens is 267 g/mol. The van der Waals surface area contributed by atoms with Crippen LogP contribution >= 0.6 is 11.6 Å². The second kappa shape index (κ2) is 5.02. The zero-order valence-corrected chi connectivity index (χ0v) is 11.3. The molecule has 19 heavy (non-hydrogen) atoms. The zero-order chi connectivity index (χ0) is 14.2. The maximum Gasteiger partial charge on any atom is 0.336 e. The number of rotatable bonds is 2. The minimum Gasteiger partial charge on any atom is -0.478 e. The predicted molar refractivity (Wildman–Crippen MR) is 73.3 cm³/mol. The lowest BCUT2D eigenvalue weighted by Crippen LogP contribution is -2.01. The van der Waals surface area contributed by atoms with Gasteiger partial charge in [0.1, 0.15) is 5.82 Å². The minimum absolute atomic E-state index is 0.155. The van der Waals surface area contributed by atoms with Crippen molar-refractivity contribution in [2.24, 2.45) is 0 Å². The van der Waals surface area contributed by atoms with E-state index in [2.05, 4.69) is 0 Å². The number of carboxylic acid groups (broad SMARTS) is 1. The van der Waals surface area contributed by atoms with Gasteiger partial charge in [0.25, 0.3) is 0 Å². The summed E-state index contributed by atoms with van der Waals surface area (Å²) in [6.45, 7) is 3.50. The van der Waals surface area contributed by atoms with Crippen LogP contribution in [0.4, 0.5) is 4.39 Å². The normalized spacial score (nSPS) is 10.5. The molecule has 0 aliphatic rings. The second-order valence-corrected chi connectivity index (χ2v) is 4.85. The van der Waals surface area contributed by atoms with Gasteiger partial charge < -0.3 is 5.11 Å². The summed E-state index contributed by atoms with van der Waals surface area (Å²) in [4.78, 5) is 11.3. The first-order chi connectivity index (χ1) is 8.90. The SMILES string of the molecule is Cc1cc(F)cc(C)c1-c1cc(Cl)ccc1C(=O)O. The quantitative estimate of drug-likeness (QED) is 0.880. The van der Waals surface area contributed by atoms with E-state index in [9.17, 15) is 14.3 Å². The van der Waals surface area contributed by atoms with Gasteiger partial charge in [-0.05, 0) is 66.4 Å². The lowest BCUT2D eigenvalue weighted by molar-refractivity contribution is 0.0698. The smallest absolute Gasteiger partial charge is 0.336 e. The van der Waals surface area contributed by atoms with Gasteiger partial charge >= 0.3 is 5.97 Å². The van der Waals surface area contributed by atoms with Crippen molar-refractivity contribution < 1.29 is 14.3 Å². The molecule has 2 aromatic carbocycles. The number of hydrogen-bond acceptors (Lipinski definition) is 1. The maximum atomic E-state index is 13.3. The third-order valence-corrected chi connectivity index (χ3v) is 3.21. The highest BCUT2D eigenvalue weighted by Gasteiger charge is 2.16. The Kier molecular flexibility index (Phi) is 3.58. The molecule has 0 aliphatic carbocycles. The van der Waals surface area contributed by atoms with Crippen LogP contribution in [0.2, 0.25) is 5.02 Å². The third kappa shape index (κ3) is 2.61. The second-order valence-electron chi connectivity index (χ2n) is 4.41. The Morgan fingerprint density at radius 3 is 2.26 bits per heavy atom. The topological polar surface area (TPSA) is 37.3 Å². The predicted octanol–water partition coefficient (Wildman–Crippen LogP) is 4.46. The summed E-state index contributed by atoms with van der Waals surface area (Å²) >= 11 is 5.94. The van der Waals surface area contributed by atoms with Crippen molar-refractivity contribution >= 4 is 17.6 Å². The number of aryl methyl sites for hydroxylation is 2. The molecule has 0 spiro atoms. The Bertz CT molecular complexity index is 642. The van der Waals surface area contributed by atoms with Gasteiger partial charge in [-0.1, -0.05) is 11.6 Å². The summed E-state index contributed by atoms with van der Waals surface area (Å²) in [5, 5.41) is 9.68. The van der Waals surface area contributed by atoms with Gasteiger partial charge in [-0.15, -0.1) is 0 Å². The number of aromatic carboxylic acids is 1. The van der Waals surface area contributed by atoms with Crippen LogP contribution in [0, 0.1) is 19.7 Å². The molecule has 4 heteroatoms. The van der Waals surface area contributed by atoms with Crippen LogP contribution in [0.3, 0.4) is 0 Å². The van der Waals surface area contributed by atoms with Crippen LogP contribution in [-0.4, -0.2) is 11.1 Å². The fraction of sp³-hybridized carbons (Fsp3) is 0.133. The highest BCUT2D eigenvalue weighted by Crippen LogP contribution is 2.32. The van der Waals surface area contributed by atoms with E-state index in [1.54, 1.807) is 19.9 Å². The van der Waals surface area contributed by atoms with Crippen molar-refractivity contribution in [3.8, 4) is 11.1 Å². The molecule has 0 radical (unpaired) electrons. The fourth-order valence-electron chi connectivity index (χ4n) is 2.25.